The van der Waals surface area contributed by atoms with Gasteiger partial charge in [0.25, 0.3) is 5.56 Å². The number of urea groups is 1. The van der Waals surface area contributed by atoms with E-state index in [1.807, 2.05) is 6.07 Å². The van der Waals surface area contributed by atoms with Gasteiger partial charge in [-0.1, -0.05) is 12.5 Å². The van der Waals surface area contributed by atoms with Crippen molar-refractivity contribution in [3.63, 3.8) is 0 Å². The maximum absolute atomic E-state index is 12.3. The molecule has 3 heterocycles. The van der Waals surface area contributed by atoms with Crippen LogP contribution in [0.25, 0.3) is 5.65 Å². The summed E-state index contributed by atoms with van der Waals surface area (Å²) < 4.78 is 1.41. The standard InChI is InChI=1S/C16H21N5O2/c22-15-13(12-18-14-6-2-5-10-21(14)15)19-16(23)17-7-11-20-8-3-1-4-9-20/h2,5-6,10,12H,1,3-4,7-9,11H2,(H2,17,19,23). The Bertz CT molecular complexity index is 737. The van der Waals surface area contributed by atoms with Gasteiger partial charge < -0.3 is 15.5 Å². The SMILES string of the molecule is O=C(NCCN1CCCCC1)Nc1cnc2ccccn2c1=O. The van der Waals surface area contributed by atoms with Crippen LogP contribution in [-0.2, 0) is 0 Å². The first-order valence-corrected chi connectivity index (χ1v) is 7.98. The number of likely N-dealkylation sites (tertiary alicyclic amines) is 1. The van der Waals surface area contributed by atoms with Crippen LogP contribution in [-0.4, -0.2) is 46.5 Å². The molecule has 7 heteroatoms. The highest BCUT2D eigenvalue weighted by Gasteiger charge is 2.11. The smallest absolute Gasteiger partial charge is 0.319 e. The molecule has 2 amide bonds. The number of carbonyl (C=O) groups excluding carboxylic acids is 1. The fourth-order valence-electron chi connectivity index (χ4n) is 2.79. The zero-order valence-electron chi connectivity index (χ0n) is 13.0. The van der Waals surface area contributed by atoms with Gasteiger partial charge in [-0.25, -0.2) is 9.78 Å². The number of fused-ring (bicyclic) bond motifs is 1. The fraction of sp³-hybridized carbons (Fsp3) is 0.438. The summed E-state index contributed by atoms with van der Waals surface area (Å²) in [7, 11) is 0. The van der Waals surface area contributed by atoms with Crippen molar-refractivity contribution < 1.29 is 4.79 Å². The molecule has 0 radical (unpaired) electrons. The average Bonchev–Trinajstić information content (AvgIpc) is 2.59. The molecule has 0 aromatic carbocycles. The molecule has 0 bridgehead atoms. The third kappa shape index (κ3) is 3.87. The van der Waals surface area contributed by atoms with Crippen LogP contribution in [0.5, 0.6) is 0 Å². The zero-order valence-corrected chi connectivity index (χ0v) is 13.0. The van der Waals surface area contributed by atoms with E-state index in [9.17, 15) is 9.59 Å². The zero-order chi connectivity index (χ0) is 16.1. The van der Waals surface area contributed by atoms with E-state index >= 15 is 0 Å². The van der Waals surface area contributed by atoms with Crippen molar-refractivity contribution in [2.24, 2.45) is 0 Å². The van der Waals surface area contributed by atoms with Gasteiger partial charge in [0, 0.05) is 19.3 Å². The number of amides is 2. The molecule has 0 aliphatic carbocycles. The van der Waals surface area contributed by atoms with E-state index in [2.05, 4.69) is 20.5 Å². The van der Waals surface area contributed by atoms with Crippen molar-refractivity contribution in [1.82, 2.24) is 19.6 Å². The molecule has 0 saturated carbocycles. The van der Waals surface area contributed by atoms with Crippen LogP contribution in [0, 0.1) is 0 Å². The number of piperidine rings is 1. The molecule has 1 fully saturated rings. The van der Waals surface area contributed by atoms with Crippen LogP contribution in [0.1, 0.15) is 19.3 Å². The number of carbonyl (C=O) groups is 1. The molecule has 2 N–H and O–H groups in total. The largest absolute Gasteiger partial charge is 0.337 e. The summed E-state index contributed by atoms with van der Waals surface area (Å²) >= 11 is 0. The van der Waals surface area contributed by atoms with E-state index in [1.165, 1.54) is 29.9 Å². The van der Waals surface area contributed by atoms with Gasteiger partial charge in [0.1, 0.15) is 11.3 Å². The number of hydrogen-bond acceptors (Lipinski definition) is 4. The van der Waals surface area contributed by atoms with Gasteiger partial charge in [0.2, 0.25) is 0 Å². The lowest BCUT2D eigenvalue weighted by atomic mass is 10.1. The molecule has 23 heavy (non-hydrogen) atoms. The first-order chi connectivity index (χ1) is 11.2. The Labute approximate surface area is 134 Å². The highest BCUT2D eigenvalue weighted by atomic mass is 16.2. The van der Waals surface area contributed by atoms with Crippen molar-refractivity contribution in [3.8, 4) is 0 Å². The molecule has 0 spiro atoms. The van der Waals surface area contributed by atoms with Crippen molar-refractivity contribution in [2.75, 3.05) is 31.5 Å². The van der Waals surface area contributed by atoms with Crippen molar-refractivity contribution in [1.29, 1.82) is 0 Å². The summed E-state index contributed by atoms with van der Waals surface area (Å²) in [6.07, 6.45) is 6.77. The fourth-order valence-corrected chi connectivity index (χ4v) is 2.79. The van der Waals surface area contributed by atoms with Crippen LogP contribution in [0.15, 0.2) is 35.4 Å². The lowest BCUT2D eigenvalue weighted by molar-refractivity contribution is 0.224. The topological polar surface area (TPSA) is 78.7 Å². The van der Waals surface area contributed by atoms with Crippen LogP contribution in [0.2, 0.25) is 0 Å². The molecule has 2 aromatic heterocycles. The molecule has 1 saturated heterocycles. The summed E-state index contributed by atoms with van der Waals surface area (Å²) in [6.45, 7) is 3.59. The Balaban J connectivity index is 1.55. The molecule has 122 valence electrons. The van der Waals surface area contributed by atoms with Crippen molar-refractivity contribution in [2.45, 2.75) is 19.3 Å². The number of pyridine rings is 1. The first-order valence-electron chi connectivity index (χ1n) is 7.98. The molecule has 1 aliphatic heterocycles. The van der Waals surface area contributed by atoms with E-state index in [4.69, 9.17) is 0 Å². The summed E-state index contributed by atoms with van der Waals surface area (Å²) in [5.41, 5.74) is 0.430. The van der Waals surface area contributed by atoms with Crippen LogP contribution in [0.3, 0.4) is 0 Å². The van der Waals surface area contributed by atoms with E-state index in [1.54, 1.807) is 18.3 Å². The molecule has 1 aliphatic rings. The molecule has 7 nitrogen and oxygen atoms in total. The second-order valence-corrected chi connectivity index (χ2v) is 5.69. The summed E-state index contributed by atoms with van der Waals surface area (Å²) in [6, 6.07) is 4.92. The van der Waals surface area contributed by atoms with E-state index in [0.717, 1.165) is 19.6 Å². The van der Waals surface area contributed by atoms with Gasteiger partial charge in [-0.15, -0.1) is 0 Å². The Kier molecular flexibility index (Phi) is 4.87. The Morgan fingerprint density at radius 1 is 1.22 bits per heavy atom. The molecule has 0 atom stereocenters. The minimum absolute atomic E-state index is 0.171. The number of rotatable bonds is 4. The summed E-state index contributed by atoms with van der Waals surface area (Å²) in [5, 5.41) is 5.36. The maximum Gasteiger partial charge on any atom is 0.319 e. The second-order valence-electron chi connectivity index (χ2n) is 5.69. The lowest BCUT2D eigenvalue weighted by Gasteiger charge is -2.26. The van der Waals surface area contributed by atoms with E-state index in [-0.39, 0.29) is 17.3 Å². The van der Waals surface area contributed by atoms with Crippen LogP contribution in [0.4, 0.5) is 10.5 Å². The first kappa shape index (κ1) is 15.5. The highest BCUT2D eigenvalue weighted by Crippen LogP contribution is 2.07. The summed E-state index contributed by atoms with van der Waals surface area (Å²) in [5.74, 6) is 0. The van der Waals surface area contributed by atoms with Gasteiger partial charge in [-0.2, -0.15) is 0 Å². The van der Waals surface area contributed by atoms with Gasteiger partial charge in [-0.3, -0.25) is 9.20 Å². The monoisotopic (exact) mass is 315 g/mol. The summed E-state index contributed by atoms with van der Waals surface area (Å²) in [4.78, 5) is 30.7. The number of nitrogens with zero attached hydrogens (tertiary/aromatic N) is 3. The number of aromatic nitrogens is 2. The van der Waals surface area contributed by atoms with Crippen molar-refractivity contribution in [3.05, 3.63) is 40.9 Å². The predicted octanol–water partition coefficient (Wildman–Crippen LogP) is 1.30. The minimum atomic E-state index is -0.378. The quantitative estimate of drug-likeness (QED) is 0.891. The Hall–Kier alpha value is -2.41. The number of nitrogens with one attached hydrogen (secondary N) is 2. The Morgan fingerprint density at radius 3 is 2.87 bits per heavy atom. The van der Waals surface area contributed by atoms with Gasteiger partial charge >= 0.3 is 6.03 Å². The molecular formula is C16H21N5O2. The molecule has 2 aromatic rings. The third-order valence-electron chi connectivity index (χ3n) is 4.02. The van der Waals surface area contributed by atoms with Crippen LogP contribution >= 0.6 is 0 Å². The number of anilines is 1. The van der Waals surface area contributed by atoms with Gasteiger partial charge in [-0.05, 0) is 38.1 Å². The highest BCUT2D eigenvalue weighted by molar-refractivity contribution is 5.88. The van der Waals surface area contributed by atoms with Gasteiger partial charge in [0.05, 0.1) is 6.20 Å². The molecule has 0 unspecified atom stereocenters. The number of hydrogen-bond donors (Lipinski definition) is 2. The maximum atomic E-state index is 12.3. The van der Waals surface area contributed by atoms with Crippen LogP contribution < -0.4 is 16.2 Å². The second kappa shape index (κ2) is 7.23. The van der Waals surface area contributed by atoms with Crippen molar-refractivity contribution >= 4 is 17.4 Å². The van der Waals surface area contributed by atoms with E-state index in [0.29, 0.717) is 12.2 Å². The van der Waals surface area contributed by atoms with Gasteiger partial charge in [0.15, 0.2) is 0 Å². The minimum Gasteiger partial charge on any atom is -0.337 e. The molecular weight excluding hydrogens is 294 g/mol. The predicted molar refractivity (Wildman–Crippen MR) is 88.8 cm³/mol. The normalized spacial score (nSPS) is 15.5. The third-order valence-corrected chi connectivity index (χ3v) is 4.02. The van der Waals surface area contributed by atoms with E-state index < -0.39 is 0 Å². The lowest BCUT2D eigenvalue weighted by Crippen LogP contribution is -2.39. The average molecular weight is 315 g/mol. The Morgan fingerprint density at radius 2 is 2.04 bits per heavy atom. The molecule has 3 rings (SSSR count).